The van der Waals surface area contributed by atoms with E-state index in [0.29, 0.717) is 6.04 Å². The highest BCUT2D eigenvalue weighted by molar-refractivity contribution is 5.16. The Balaban J connectivity index is 1.79. The standard InChI is InChI=1S/C14H21FN2/c1-16-14-3-2-9-17(11-14)10-8-12-4-6-13(15)7-5-12/h4-7,14,16H,2-3,8-11H2,1H3. The van der Waals surface area contributed by atoms with Gasteiger partial charge in [0, 0.05) is 19.1 Å². The van der Waals surface area contributed by atoms with Gasteiger partial charge >= 0.3 is 0 Å². The van der Waals surface area contributed by atoms with E-state index in [9.17, 15) is 4.39 Å². The van der Waals surface area contributed by atoms with Gasteiger partial charge in [-0.3, -0.25) is 0 Å². The van der Waals surface area contributed by atoms with Gasteiger partial charge in [-0.2, -0.15) is 0 Å². The summed E-state index contributed by atoms with van der Waals surface area (Å²) in [5.41, 5.74) is 1.22. The van der Waals surface area contributed by atoms with E-state index in [1.807, 2.05) is 19.2 Å². The Bertz CT molecular complexity index is 337. The molecule has 1 atom stereocenters. The van der Waals surface area contributed by atoms with E-state index in [-0.39, 0.29) is 5.82 Å². The highest BCUT2D eigenvalue weighted by atomic mass is 19.1. The van der Waals surface area contributed by atoms with Crippen molar-refractivity contribution in [1.82, 2.24) is 10.2 Å². The van der Waals surface area contributed by atoms with Crippen molar-refractivity contribution in [2.45, 2.75) is 25.3 Å². The first-order valence-electron chi connectivity index (χ1n) is 6.42. The minimum absolute atomic E-state index is 0.151. The number of hydrogen-bond acceptors (Lipinski definition) is 2. The van der Waals surface area contributed by atoms with Gasteiger partial charge in [0.15, 0.2) is 0 Å². The van der Waals surface area contributed by atoms with E-state index in [1.54, 1.807) is 12.1 Å². The third kappa shape index (κ3) is 3.79. The topological polar surface area (TPSA) is 15.3 Å². The summed E-state index contributed by atoms with van der Waals surface area (Å²) in [4.78, 5) is 2.49. The van der Waals surface area contributed by atoms with Crippen molar-refractivity contribution in [2.24, 2.45) is 0 Å². The highest BCUT2D eigenvalue weighted by Gasteiger charge is 2.17. The van der Waals surface area contributed by atoms with Crippen LogP contribution in [0, 0.1) is 5.82 Å². The van der Waals surface area contributed by atoms with E-state index < -0.39 is 0 Å². The molecule has 2 nitrogen and oxygen atoms in total. The van der Waals surface area contributed by atoms with E-state index in [1.165, 1.54) is 24.9 Å². The number of hydrogen-bond donors (Lipinski definition) is 1. The SMILES string of the molecule is CNC1CCCN(CCc2ccc(F)cc2)C1. The molecule has 0 aromatic heterocycles. The van der Waals surface area contributed by atoms with Gasteiger partial charge in [-0.15, -0.1) is 0 Å². The molecule has 1 unspecified atom stereocenters. The van der Waals surface area contributed by atoms with Crippen LogP contribution >= 0.6 is 0 Å². The van der Waals surface area contributed by atoms with E-state index in [2.05, 4.69) is 10.2 Å². The van der Waals surface area contributed by atoms with Crippen LogP contribution in [0.1, 0.15) is 18.4 Å². The number of benzene rings is 1. The molecule has 1 heterocycles. The fourth-order valence-electron chi connectivity index (χ4n) is 2.43. The molecule has 1 N–H and O–H groups in total. The first-order chi connectivity index (χ1) is 8.28. The molecular weight excluding hydrogens is 215 g/mol. The molecule has 1 aliphatic heterocycles. The molecule has 1 saturated heterocycles. The molecule has 3 heteroatoms. The summed E-state index contributed by atoms with van der Waals surface area (Å²) in [7, 11) is 2.04. The Kier molecular flexibility index (Phi) is 4.51. The molecule has 0 amide bonds. The van der Waals surface area contributed by atoms with Crippen molar-refractivity contribution < 1.29 is 4.39 Å². The quantitative estimate of drug-likeness (QED) is 0.860. The number of halogens is 1. The Hall–Kier alpha value is -0.930. The average Bonchev–Trinajstić information content (AvgIpc) is 2.38. The van der Waals surface area contributed by atoms with Crippen LogP contribution in [0.15, 0.2) is 24.3 Å². The zero-order chi connectivity index (χ0) is 12.1. The molecule has 0 aliphatic carbocycles. The molecule has 2 rings (SSSR count). The van der Waals surface area contributed by atoms with Crippen LogP contribution in [-0.2, 0) is 6.42 Å². The molecule has 0 saturated carbocycles. The Morgan fingerprint density at radius 2 is 2.12 bits per heavy atom. The lowest BCUT2D eigenvalue weighted by Gasteiger charge is -2.32. The lowest BCUT2D eigenvalue weighted by atomic mass is 10.0. The van der Waals surface area contributed by atoms with Crippen LogP contribution in [0.4, 0.5) is 4.39 Å². The summed E-state index contributed by atoms with van der Waals surface area (Å²) in [6.07, 6.45) is 3.56. The van der Waals surface area contributed by atoms with Crippen molar-refractivity contribution in [3.8, 4) is 0 Å². The highest BCUT2D eigenvalue weighted by Crippen LogP contribution is 2.11. The number of likely N-dealkylation sites (N-methyl/N-ethyl adjacent to an activating group) is 1. The Morgan fingerprint density at radius 1 is 1.35 bits per heavy atom. The predicted octanol–water partition coefficient (Wildman–Crippen LogP) is 2.05. The van der Waals surface area contributed by atoms with Crippen LogP contribution < -0.4 is 5.32 Å². The molecule has 1 aromatic rings. The van der Waals surface area contributed by atoms with Gasteiger partial charge in [0.05, 0.1) is 0 Å². The number of piperidine rings is 1. The molecular formula is C14H21FN2. The van der Waals surface area contributed by atoms with Gasteiger partial charge in [-0.05, 0) is 50.6 Å². The smallest absolute Gasteiger partial charge is 0.123 e. The van der Waals surface area contributed by atoms with E-state index in [0.717, 1.165) is 19.5 Å². The Labute approximate surface area is 103 Å². The maximum Gasteiger partial charge on any atom is 0.123 e. The lowest BCUT2D eigenvalue weighted by Crippen LogP contribution is -2.44. The summed E-state index contributed by atoms with van der Waals surface area (Å²) >= 11 is 0. The summed E-state index contributed by atoms with van der Waals surface area (Å²) < 4.78 is 12.8. The van der Waals surface area contributed by atoms with Gasteiger partial charge in [0.25, 0.3) is 0 Å². The maximum atomic E-state index is 12.8. The van der Waals surface area contributed by atoms with Crippen LogP contribution in [0.5, 0.6) is 0 Å². The number of rotatable bonds is 4. The van der Waals surface area contributed by atoms with Gasteiger partial charge in [0.2, 0.25) is 0 Å². The van der Waals surface area contributed by atoms with Crippen molar-refractivity contribution in [2.75, 3.05) is 26.7 Å². The second-order valence-electron chi connectivity index (χ2n) is 4.80. The van der Waals surface area contributed by atoms with Crippen molar-refractivity contribution in [3.05, 3.63) is 35.6 Å². The van der Waals surface area contributed by atoms with Gasteiger partial charge in [-0.25, -0.2) is 4.39 Å². The van der Waals surface area contributed by atoms with Gasteiger partial charge in [0.1, 0.15) is 5.82 Å². The zero-order valence-corrected chi connectivity index (χ0v) is 10.5. The second kappa shape index (κ2) is 6.12. The molecule has 94 valence electrons. The minimum Gasteiger partial charge on any atom is -0.316 e. The number of nitrogens with one attached hydrogen (secondary N) is 1. The fraction of sp³-hybridized carbons (Fsp3) is 0.571. The first kappa shape index (κ1) is 12.5. The van der Waals surface area contributed by atoms with Crippen LogP contribution in [-0.4, -0.2) is 37.6 Å². The average molecular weight is 236 g/mol. The van der Waals surface area contributed by atoms with Crippen molar-refractivity contribution >= 4 is 0 Å². The zero-order valence-electron chi connectivity index (χ0n) is 10.5. The van der Waals surface area contributed by atoms with Gasteiger partial charge in [-0.1, -0.05) is 12.1 Å². The molecule has 1 aromatic carbocycles. The minimum atomic E-state index is -0.151. The summed E-state index contributed by atoms with van der Waals surface area (Å²) in [5, 5.41) is 3.35. The van der Waals surface area contributed by atoms with Gasteiger partial charge < -0.3 is 10.2 Å². The first-order valence-corrected chi connectivity index (χ1v) is 6.42. The summed E-state index contributed by atoms with van der Waals surface area (Å²) in [6.45, 7) is 3.40. The van der Waals surface area contributed by atoms with Crippen molar-refractivity contribution in [3.63, 3.8) is 0 Å². The van der Waals surface area contributed by atoms with Crippen molar-refractivity contribution in [1.29, 1.82) is 0 Å². The van der Waals surface area contributed by atoms with Crippen LogP contribution in [0.3, 0.4) is 0 Å². The number of likely N-dealkylation sites (tertiary alicyclic amines) is 1. The normalized spacial score (nSPS) is 21.6. The molecule has 0 bridgehead atoms. The fourth-order valence-corrected chi connectivity index (χ4v) is 2.43. The number of nitrogens with zero attached hydrogens (tertiary/aromatic N) is 1. The third-order valence-electron chi connectivity index (χ3n) is 3.54. The monoisotopic (exact) mass is 236 g/mol. The maximum absolute atomic E-state index is 12.8. The van der Waals surface area contributed by atoms with Crippen LogP contribution in [0.25, 0.3) is 0 Å². The second-order valence-corrected chi connectivity index (χ2v) is 4.80. The predicted molar refractivity (Wildman–Crippen MR) is 68.6 cm³/mol. The van der Waals surface area contributed by atoms with Crippen LogP contribution in [0.2, 0.25) is 0 Å². The largest absolute Gasteiger partial charge is 0.316 e. The van der Waals surface area contributed by atoms with E-state index in [4.69, 9.17) is 0 Å². The molecule has 1 aliphatic rings. The van der Waals surface area contributed by atoms with E-state index >= 15 is 0 Å². The molecule has 0 radical (unpaired) electrons. The summed E-state index contributed by atoms with van der Waals surface area (Å²) in [5.74, 6) is -0.151. The summed E-state index contributed by atoms with van der Waals surface area (Å²) in [6, 6.07) is 7.49. The Morgan fingerprint density at radius 3 is 2.82 bits per heavy atom. The third-order valence-corrected chi connectivity index (χ3v) is 3.54. The molecule has 1 fully saturated rings. The molecule has 0 spiro atoms. The molecule has 17 heavy (non-hydrogen) atoms. The lowest BCUT2D eigenvalue weighted by molar-refractivity contribution is 0.197.